The number of amides is 2. The van der Waals surface area contributed by atoms with E-state index in [1.807, 2.05) is 0 Å². The van der Waals surface area contributed by atoms with E-state index in [1.165, 1.54) is 4.90 Å². The average Bonchev–Trinajstić information content (AvgIpc) is 3.07. The number of carbonyl (C=O) groups excluding carboxylic acids is 2. The Balaban J connectivity index is 1.64. The summed E-state index contributed by atoms with van der Waals surface area (Å²) in [6.07, 6.45) is 3.36. The molecule has 0 radical (unpaired) electrons. The van der Waals surface area contributed by atoms with Gasteiger partial charge in [-0.25, -0.2) is 8.42 Å². The lowest BCUT2D eigenvalue weighted by atomic mass is 10.1. The number of nitrogens with one attached hydrogen (secondary N) is 1. The van der Waals surface area contributed by atoms with Crippen LogP contribution in [0, 0.1) is 0 Å². The molecule has 0 aromatic carbocycles. The first kappa shape index (κ1) is 13.1. The Morgan fingerprint density at radius 3 is 2.53 bits per heavy atom. The van der Waals surface area contributed by atoms with E-state index < -0.39 is 15.9 Å². The zero-order chi connectivity index (χ0) is 13.6. The summed E-state index contributed by atoms with van der Waals surface area (Å²) in [5, 5.41) is 3.08. The molecular formula is C12H18N2O4S. The lowest BCUT2D eigenvalue weighted by Crippen LogP contribution is -2.48. The highest BCUT2D eigenvalue weighted by Crippen LogP contribution is 2.31. The van der Waals surface area contributed by atoms with Crippen LogP contribution in [0.3, 0.4) is 0 Å². The van der Waals surface area contributed by atoms with Gasteiger partial charge in [-0.1, -0.05) is 0 Å². The van der Waals surface area contributed by atoms with Crippen molar-refractivity contribution in [3.05, 3.63) is 0 Å². The van der Waals surface area contributed by atoms with Crippen molar-refractivity contribution in [3.8, 4) is 0 Å². The first-order valence-electron chi connectivity index (χ1n) is 6.79. The van der Waals surface area contributed by atoms with Crippen LogP contribution in [0.4, 0.5) is 0 Å². The minimum Gasteiger partial charge on any atom is -0.302 e. The highest BCUT2D eigenvalue weighted by atomic mass is 32.2. The number of rotatable bonds is 3. The Labute approximate surface area is 112 Å². The maximum Gasteiger partial charge on any atom is 0.247 e. The van der Waals surface area contributed by atoms with Crippen LogP contribution in [0.2, 0.25) is 0 Å². The molecule has 6 nitrogen and oxygen atoms in total. The molecule has 2 heterocycles. The molecule has 2 saturated heterocycles. The molecule has 2 unspecified atom stereocenters. The molecule has 3 aliphatic rings. The second kappa shape index (κ2) is 4.56. The van der Waals surface area contributed by atoms with E-state index in [-0.39, 0.29) is 41.8 Å². The predicted octanol–water partition coefficient (Wildman–Crippen LogP) is -0.557. The van der Waals surface area contributed by atoms with Gasteiger partial charge in [0.15, 0.2) is 9.84 Å². The normalized spacial score (nSPS) is 34.8. The zero-order valence-corrected chi connectivity index (χ0v) is 11.5. The van der Waals surface area contributed by atoms with Gasteiger partial charge >= 0.3 is 0 Å². The summed E-state index contributed by atoms with van der Waals surface area (Å²) in [5.74, 6) is 0.0184. The van der Waals surface area contributed by atoms with Crippen molar-refractivity contribution in [2.45, 2.75) is 50.2 Å². The van der Waals surface area contributed by atoms with Crippen molar-refractivity contribution in [2.24, 2.45) is 0 Å². The van der Waals surface area contributed by atoms with Crippen molar-refractivity contribution in [2.75, 3.05) is 11.5 Å². The molecule has 0 spiro atoms. The molecule has 3 rings (SSSR count). The van der Waals surface area contributed by atoms with Crippen LogP contribution in [-0.4, -0.2) is 54.8 Å². The molecular weight excluding hydrogens is 268 g/mol. The van der Waals surface area contributed by atoms with Crippen molar-refractivity contribution >= 4 is 21.7 Å². The zero-order valence-electron chi connectivity index (χ0n) is 10.7. The van der Waals surface area contributed by atoms with Crippen LogP contribution in [0.15, 0.2) is 0 Å². The first-order valence-corrected chi connectivity index (χ1v) is 8.61. The third-order valence-corrected chi connectivity index (χ3v) is 5.82. The molecule has 7 heteroatoms. The summed E-state index contributed by atoms with van der Waals surface area (Å²) >= 11 is 0. The van der Waals surface area contributed by atoms with E-state index in [0.29, 0.717) is 6.42 Å². The van der Waals surface area contributed by atoms with E-state index in [0.717, 1.165) is 19.3 Å². The smallest absolute Gasteiger partial charge is 0.247 e. The molecule has 2 amide bonds. The van der Waals surface area contributed by atoms with Crippen molar-refractivity contribution in [1.29, 1.82) is 0 Å². The second-order valence-corrected chi connectivity index (χ2v) is 7.94. The van der Waals surface area contributed by atoms with Gasteiger partial charge in [0.25, 0.3) is 0 Å². The van der Waals surface area contributed by atoms with Crippen LogP contribution < -0.4 is 5.32 Å². The van der Waals surface area contributed by atoms with Gasteiger partial charge in [-0.3, -0.25) is 14.5 Å². The lowest BCUT2D eigenvalue weighted by molar-refractivity contribution is -0.139. The van der Waals surface area contributed by atoms with Crippen LogP contribution in [-0.2, 0) is 19.4 Å². The minimum absolute atomic E-state index is 0.0778. The third-order valence-electron chi connectivity index (χ3n) is 3.99. The molecule has 0 aromatic rings. The van der Waals surface area contributed by atoms with Crippen molar-refractivity contribution in [1.82, 2.24) is 10.2 Å². The van der Waals surface area contributed by atoms with Gasteiger partial charge in [-0.15, -0.1) is 0 Å². The Kier molecular flexibility index (Phi) is 3.13. The SMILES string of the molecule is O=C1CC(NC2CCCS(=O)(=O)C2)C(=O)N1C1CC1. The Morgan fingerprint density at radius 1 is 1.16 bits per heavy atom. The topological polar surface area (TPSA) is 83.5 Å². The molecule has 1 N–H and O–H groups in total. The number of imide groups is 1. The standard InChI is InChI=1S/C12H18N2O4S/c15-11-6-10(12(16)14(11)9-3-4-9)13-8-2-1-5-19(17,18)7-8/h8-10,13H,1-7H2. The van der Waals surface area contributed by atoms with Gasteiger partial charge < -0.3 is 5.32 Å². The number of carbonyl (C=O) groups is 2. The number of sulfone groups is 1. The van der Waals surface area contributed by atoms with E-state index in [2.05, 4.69) is 5.32 Å². The number of hydrogen-bond donors (Lipinski definition) is 1. The maximum absolute atomic E-state index is 12.1. The fourth-order valence-electron chi connectivity index (χ4n) is 2.94. The van der Waals surface area contributed by atoms with Gasteiger partial charge in [0.1, 0.15) is 0 Å². The fourth-order valence-corrected chi connectivity index (χ4v) is 4.59. The summed E-state index contributed by atoms with van der Waals surface area (Å²) in [6, 6.07) is -0.618. The van der Waals surface area contributed by atoms with Gasteiger partial charge in [-0.05, 0) is 25.7 Å². The van der Waals surface area contributed by atoms with E-state index in [4.69, 9.17) is 0 Å². The Hall–Kier alpha value is -0.950. The van der Waals surface area contributed by atoms with Crippen LogP contribution in [0.5, 0.6) is 0 Å². The maximum atomic E-state index is 12.1. The van der Waals surface area contributed by atoms with E-state index in [1.54, 1.807) is 0 Å². The van der Waals surface area contributed by atoms with E-state index >= 15 is 0 Å². The quantitative estimate of drug-likeness (QED) is 0.703. The molecule has 2 aliphatic heterocycles. The fraction of sp³-hybridized carbons (Fsp3) is 0.833. The van der Waals surface area contributed by atoms with Crippen LogP contribution in [0.25, 0.3) is 0 Å². The summed E-state index contributed by atoms with van der Waals surface area (Å²) in [7, 11) is -2.99. The summed E-state index contributed by atoms with van der Waals surface area (Å²) in [6.45, 7) is 0. The summed E-state index contributed by atoms with van der Waals surface area (Å²) < 4.78 is 23.1. The number of nitrogens with zero attached hydrogens (tertiary/aromatic N) is 1. The van der Waals surface area contributed by atoms with Crippen LogP contribution in [0.1, 0.15) is 32.1 Å². The van der Waals surface area contributed by atoms with Gasteiger partial charge in [0.2, 0.25) is 11.8 Å². The minimum atomic E-state index is -2.99. The molecule has 0 aromatic heterocycles. The summed E-state index contributed by atoms with van der Waals surface area (Å²) in [4.78, 5) is 25.3. The molecule has 19 heavy (non-hydrogen) atoms. The first-order chi connectivity index (χ1) is 8.96. The Morgan fingerprint density at radius 2 is 1.89 bits per heavy atom. The van der Waals surface area contributed by atoms with Crippen molar-refractivity contribution < 1.29 is 18.0 Å². The molecule has 1 aliphatic carbocycles. The number of hydrogen-bond acceptors (Lipinski definition) is 5. The van der Waals surface area contributed by atoms with Gasteiger partial charge in [-0.2, -0.15) is 0 Å². The van der Waals surface area contributed by atoms with Gasteiger partial charge in [0, 0.05) is 12.1 Å². The molecule has 3 fully saturated rings. The predicted molar refractivity (Wildman–Crippen MR) is 68.1 cm³/mol. The second-order valence-electron chi connectivity index (χ2n) is 5.71. The third kappa shape index (κ3) is 2.67. The molecule has 1 saturated carbocycles. The van der Waals surface area contributed by atoms with E-state index in [9.17, 15) is 18.0 Å². The van der Waals surface area contributed by atoms with Crippen LogP contribution >= 0.6 is 0 Å². The molecule has 106 valence electrons. The molecule has 2 atom stereocenters. The highest BCUT2D eigenvalue weighted by Gasteiger charge is 2.46. The average molecular weight is 286 g/mol. The highest BCUT2D eigenvalue weighted by molar-refractivity contribution is 7.91. The largest absolute Gasteiger partial charge is 0.302 e. The Bertz CT molecular complexity index is 512. The lowest BCUT2D eigenvalue weighted by Gasteiger charge is -2.25. The monoisotopic (exact) mass is 286 g/mol. The van der Waals surface area contributed by atoms with Crippen molar-refractivity contribution in [3.63, 3.8) is 0 Å². The van der Waals surface area contributed by atoms with Gasteiger partial charge in [0.05, 0.1) is 24.0 Å². The molecule has 0 bridgehead atoms. The summed E-state index contributed by atoms with van der Waals surface area (Å²) in [5.41, 5.74) is 0. The number of likely N-dealkylation sites (tertiary alicyclic amines) is 1.